The first-order chi connectivity index (χ1) is 6.74. The van der Waals surface area contributed by atoms with Gasteiger partial charge in [-0.15, -0.1) is 0 Å². The number of carbonyl (C=O) groups excluding carboxylic acids is 1. The Balaban J connectivity index is 3.45. The highest BCUT2D eigenvalue weighted by Gasteiger charge is 2.07. The molecular formula is C11H21IO2. The van der Waals surface area contributed by atoms with Gasteiger partial charge in [-0.05, 0) is 36.5 Å². The standard InChI is InChI=1S/C11H21IO2/c1-3-10(8-9-12)6-5-7-11(13)14-4-2/h10H,3-9H2,1-2H3. The number of ether oxygens (including phenoxy) is 1. The summed E-state index contributed by atoms with van der Waals surface area (Å²) in [5, 5.41) is 0. The van der Waals surface area contributed by atoms with Gasteiger partial charge in [0, 0.05) is 6.42 Å². The lowest BCUT2D eigenvalue weighted by Crippen LogP contribution is -2.06. The van der Waals surface area contributed by atoms with Gasteiger partial charge < -0.3 is 4.74 Å². The minimum atomic E-state index is -0.0446. The Morgan fingerprint density at radius 2 is 2.07 bits per heavy atom. The van der Waals surface area contributed by atoms with E-state index in [9.17, 15) is 4.79 Å². The molecule has 0 fully saturated rings. The highest BCUT2D eigenvalue weighted by Crippen LogP contribution is 2.17. The summed E-state index contributed by atoms with van der Waals surface area (Å²) in [5.41, 5.74) is 0. The zero-order valence-electron chi connectivity index (χ0n) is 9.22. The fourth-order valence-corrected chi connectivity index (χ4v) is 2.36. The fourth-order valence-electron chi connectivity index (χ4n) is 1.48. The van der Waals surface area contributed by atoms with Crippen LogP contribution in [0, 0.1) is 5.92 Å². The molecule has 3 heteroatoms. The Hall–Kier alpha value is 0.200. The van der Waals surface area contributed by atoms with E-state index < -0.39 is 0 Å². The van der Waals surface area contributed by atoms with Gasteiger partial charge >= 0.3 is 5.97 Å². The monoisotopic (exact) mass is 312 g/mol. The van der Waals surface area contributed by atoms with Gasteiger partial charge in [0.25, 0.3) is 0 Å². The van der Waals surface area contributed by atoms with Crippen molar-refractivity contribution < 1.29 is 9.53 Å². The van der Waals surface area contributed by atoms with Gasteiger partial charge in [0.1, 0.15) is 0 Å². The molecule has 2 nitrogen and oxygen atoms in total. The minimum absolute atomic E-state index is 0.0446. The van der Waals surface area contributed by atoms with Crippen molar-refractivity contribution in [2.24, 2.45) is 5.92 Å². The van der Waals surface area contributed by atoms with Crippen molar-refractivity contribution in [3.8, 4) is 0 Å². The molecule has 0 N–H and O–H groups in total. The normalized spacial score (nSPS) is 12.5. The van der Waals surface area contributed by atoms with Gasteiger partial charge in [-0.3, -0.25) is 4.79 Å². The smallest absolute Gasteiger partial charge is 0.305 e. The second-order valence-corrected chi connectivity index (χ2v) is 4.53. The Morgan fingerprint density at radius 3 is 2.57 bits per heavy atom. The third kappa shape index (κ3) is 7.59. The molecule has 0 saturated carbocycles. The maximum Gasteiger partial charge on any atom is 0.305 e. The Bertz CT molecular complexity index is 148. The van der Waals surface area contributed by atoms with Crippen molar-refractivity contribution >= 4 is 28.6 Å². The van der Waals surface area contributed by atoms with Crippen LogP contribution in [0.1, 0.15) is 46.0 Å². The highest BCUT2D eigenvalue weighted by atomic mass is 127. The Morgan fingerprint density at radius 1 is 1.36 bits per heavy atom. The van der Waals surface area contributed by atoms with E-state index in [1.54, 1.807) is 0 Å². The van der Waals surface area contributed by atoms with Crippen LogP contribution in [-0.2, 0) is 9.53 Å². The van der Waals surface area contributed by atoms with Gasteiger partial charge in [-0.2, -0.15) is 0 Å². The van der Waals surface area contributed by atoms with Gasteiger partial charge in [0.15, 0.2) is 0 Å². The van der Waals surface area contributed by atoms with Crippen LogP contribution >= 0.6 is 22.6 Å². The molecule has 0 saturated heterocycles. The fraction of sp³-hybridized carbons (Fsp3) is 0.909. The van der Waals surface area contributed by atoms with Gasteiger partial charge in [0.2, 0.25) is 0 Å². The van der Waals surface area contributed by atoms with E-state index in [0.29, 0.717) is 13.0 Å². The first kappa shape index (κ1) is 14.2. The molecule has 0 radical (unpaired) electrons. The van der Waals surface area contributed by atoms with E-state index in [1.807, 2.05) is 6.92 Å². The predicted octanol–water partition coefficient (Wildman–Crippen LogP) is 3.57. The van der Waals surface area contributed by atoms with E-state index in [4.69, 9.17) is 4.74 Å². The summed E-state index contributed by atoms with van der Waals surface area (Å²) in [4.78, 5) is 11.0. The van der Waals surface area contributed by atoms with Gasteiger partial charge in [-0.1, -0.05) is 35.9 Å². The van der Waals surface area contributed by atoms with Crippen LogP contribution in [0.3, 0.4) is 0 Å². The number of esters is 1. The quantitative estimate of drug-likeness (QED) is 0.389. The Labute approximate surface area is 101 Å². The summed E-state index contributed by atoms with van der Waals surface area (Å²) in [7, 11) is 0. The second kappa shape index (κ2) is 9.74. The van der Waals surface area contributed by atoms with Crippen LogP contribution < -0.4 is 0 Å². The molecule has 1 atom stereocenters. The summed E-state index contributed by atoms with van der Waals surface area (Å²) in [5.74, 6) is 0.748. The summed E-state index contributed by atoms with van der Waals surface area (Å²) < 4.78 is 6.09. The number of alkyl halides is 1. The topological polar surface area (TPSA) is 26.3 Å². The molecule has 0 heterocycles. The van der Waals surface area contributed by atoms with Gasteiger partial charge in [-0.25, -0.2) is 0 Å². The summed E-state index contributed by atoms with van der Waals surface area (Å²) in [6.07, 6.45) is 5.24. The lowest BCUT2D eigenvalue weighted by atomic mass is 9.97. The first-order valence-corrected chi connectivity index (χ1v) is 6.98. The largest absolute Gasteiger partial charge is 0.466 e. The number of hydrogen-bond donors (Lipinski definition) is 0. The molecular weight excluding hydrogens is 291 g/mol. The molecule has 0 aromatic heterocycles. The number of halogens is 1. The molecule has 0 aliphatic carbocycles. The van der Waals surface area contributed by atoms with Crippen molar-refractivity contribution in [2.75, 3.05) is 11.0 Å². The first-order valence-electron chi connectivity index (χ1n) is 5.46. The third-order valence-corrected chi connectivity index (χ3v) is 3.02. The molecule has 84 valence electrons. The molecule has 0 aromatic rings. The second-order valence-electron chi connectivity index (χ2n) is 3.45. The molecule has 14 heavy (non-hydrogen) atoms. The van der Waals surface area contributed by atoms with Crippen LogP contribution in [0.4, 0.5) is 0 Å². The molecule has 0 aromatic carbocycles. The lowest BCUT2D eigenvalue weighted by Gasteiger charge is -2.12. The number of carbonyl (C=O) groups is 1. The van der Waals surface area contributed by atoms with E-state index in [1.165, 1.54) is 17.3 Å². The molecule has 0 bridgehead atoms. The average Bonchev–Trinajstić information content (AvgIpc) is 2.17. The molecule has 0 aliphatic rings. The predicted molar refractivity (Wildman–Crippen MR) is 67.8 cm³/mol. The van der Waals surface area contributed by atoms with Crippen LogP contribution in [0.2, 0.25) is 0 Å². The Kier molecular flexibility index (Phi) is 9.88. The van der Waals surface area contributed by atoms with Crippen LogP contribution in [0.25, 0.3) is 0 Å². The van der Waals surface area contributed by atoms with Crippen LogP contribution in [0.15, 0.2) is 0 Å². The molecule has 1 unspecified atom stereocenters. The molecule has 0 rings (SSSR count). The number of rotatable bonds is 8. The SMILES string of the molecule is CCOC(=O)CCCC(CC)CCI. The lowest BCUT2D eigenvalue weighted by molar-refractivity contribution is -0.143. The summed E-state index contributed by atoms with van der Waals surface area (Å²) in [6.45, 7) is 4.58. The van der Waals surface area contributed by atoms with Crippen molar-refractivity contribution in [3.05, 3.63) is 0 Å². The highest BCUT2D eigenvalue weighted by molar-refractivity contribution is 14.1. The van der Waals surface area contributed by atoms with Crippen molar-refractivity contribution in [1.82, 2.24) is 0 Å². The van der Waals surface area contributed by atoms with E-state index in [2.05, 4.69) is 29.5 Å². The maximum atomic E-state index is 11.0. The van der Waals surface area contributed by atoms with Crippen molar-refractivity contribution in [2.45, 2.75) is 46.0 Å². The molecule has 0 amide bonds. The molecule has 0 aliphatic heterocycles. The van der Waals surface area contributed by atoms with Crippen molar-refractivity contribution in [1.29, 1.82) is 0 Å². The number of hydrogen-bond acceptors (Lipinski definition) is 2. The van der Waals surface area contributed by atoms with Gasteiger partial charge in [0.05, 0.1) is 6.61 Å². The maximum absolute atomic E-state index is 11.0. The zero-order chi connectivity index (χ0) is 10.8. The third-order valence-electron chi connectivity index (χ3n) is 2.39. The van der Waals surface area contributed by atoms with Crippen LogP contribution in [0.5, 0.6) is 0 Å². The van der Waals surface area contributed by atoms with E-state index in [0.717, 1.165) is 18.8 Å². The van der Waals surface area contributed by atoms with Crippen molar-refractivity contribution in [3.63, 3.8) is 0 Å². The van der Waals surface area contributed by atoms with E-state index in [-0.39, 0.29) is 5.97 Å². The van der Waals surface area contributed by atoms with E-state index >= 15 is 0 Å². The summed E-state index contributed by atoms with van der Waals surface area (Å²) >= 11 is 2.41. The molecule has 0 spiro atoms. The zero-order valence-corrected chi connectivity index (χ0v) is 11.4. The summed E-state index contributed by atoms with van der Waals surface area (Å²) in [6, 6.07) is 0. The average molecular weight is 312 g/mol. The minimum Gasteiger partial charge on any atom is -0.466 e. The van der Waals surface area contributed by atoms with Crippen LogP contribution in [-0.4, -0.2) is 17.0 Å².